The van der Waals surface area contributed by atoms with Gasteiger partial charge in [-0.2, -0.15) is 0 Å². The second-order valence-corrected chi connectivity index (χ2v) is 8.50. The highest BCUT2D eigenvalue weighted by molar-refractivity contribution is 5.92. The molecular formula is C28H31N3O4. The molecule has 3 aromatic carbocycles. The first-order valence-electron chi connectivity index (χ1n) is 11.8. The van der Waals surface area contributed by atoms with Crippen LogP contribution < -0.4 is 14.8 Å². The number of methoxy groups -OCH3 is 1. The summed E-state index contributed by atoms with van der Waals surface area (Å²) in [4.78, 5) is 29.2. The molecule has 0 radical (unpaired) electrons. The molecule has 35 heavy (non-hydrogen) atoms. The molecule has 7 heteroatoms. The van der Waals surface area contributed by atoms with Gasteiger partial charge >= 0.3 is 0 Å². The fourth-order valence-corrected chi connectivity index (χ4v) is 4.02. The van der Waals surface area contributed by atoms with E-state index in [1.54, 1.807) is 7.11 Å². The Morgan fingerprint density at radius 1 is 0.829 bits per heavy atom. The van der Waals surface area contributed by atoms with Crippen molar-refractivity contribution in [2.24, 2.45) is 0 Å². The van der Waals surface area contributed by atoms with Crippen LogP contribution in [0.4, 0.5) is 5.69 Å². The predicted octanol–water partition coefficient (Wildman–Crippen LogP) is 4.20. The molecule has 0 bridgehead atoms. The van der Waals surface area contributed by atoms with E-state index in [9.17, 15) is 9.59 Å². The molecule has 7 nitrogen and oxygen atoms in total. The zero-order chi connectivity index (χ0) is 24.5. The third-order valence-electron chi connectivity index (χ3n) is 5.98. The van der Waals surface area contributed by atoms with Gasteiger partial charge in [-0.1, -0.05) is 36.4 Å². The summed E-state index contributed by atoms with van der Waals surface area (Å²) < 4.78 is 11.0. The number of para-hydroxylation sites is 1. The third-order valence-corrected chi connectivity index (χ3v) is 5.98. The van der Waals surface area contributed by atoms with Gasteiger partial charge in [-0.3, -0.25) is 14.5 Å². The van der Waals surface area contributed by atoms with Crippen molar-refractivity contribution in [3.8, 4) is 17.2 Å². The van der Waals surface area contributed by atoms with E-state index in [4.69, 9.17) is 9.47 Å². The maximum absolute atomic E-state index is 12.6. The van der Waals surface area contributed by atoms with Crippen LogP contribution in [0.3, 0.4) is 0 Å². The van der Waals surface area contributed by atoms with Crippen LogP contribution in [0.15, 0.2) is 78.9 Å². The number of nitrogens with zero attached hydrogens (tertiary/aromatic N) is 2. The number of carbonyl (C=O) groups excluding carboxylic acids is 2. The van der Waals surface area contributed by atoms with Gasteiger partial charge < -0.3 is 19.7 Å². The highest BCUT2D eigenvalue weighted by Crippen LogP contribution is 2.24. The lowest BCUT2D eigenvalue weighted by Gasteiger charge is -2.34. The molecule has 0 unspecified atom stereocenters. The number of carbonyl (C=O) groups is 2. The number of ether oxygens (including phenoxy) is 2. The summed E-state index contributed by atoms with van der Waals surface area (Å²) in [5, 5.41) is 2.95. The van der Waals surface area contributed by atoms with Crippen LogP contribution in [0.25, 0.3) is 0 Å². The van der Waals surface area contributed by atoms with Gasteiger partial charge in [0.05, 0.1) is 13.7 Å². The van der Waals surface area contributed by atoms with E-state index in [2.05, 4.69) is 10.2 Å². The molecule has 3 aromatic rings. The summed E-state index contributed by atoms with van der Waals surface area (Å²) in [7, 11) is 1.64. The van der Waals surface area contributed by atoms with Gasteiger partial charge in [-0.15, -0.1) is 0 Å². The molecule has 1 heterocycles. The van der Waals surface area contributed by atoms with Crippen LogP contribution >= 0.6 is 0 Å². The van der Waals surface area contributed by atoms with Gasteiger partial charge in [0.1, 0.15) is 17.2 Å². The minimum absolute atomic E-state index is 0.0823. The Labute approximate surface area is 206 Å². The van der Waals surface area contributed by atoms with E-state index in [0.717, 1.165) is 17.1 Å². The highest BCUT2D eigenvalue weighted by atomic mass is 16.5. The quantitative estimate of drug-likeness (QED) is 0.504. The lowest BCUT2D eigenvalue weighted by atomic mass is 10.1. The first kappa shape index (κ1) is 24.3. The van der Waals surface area contributed by atoms with Crippen molar-refractivity contribution < 1.29 is 19.1 Å². The highest BCUT2D eigenvalue weighted by Gasteiger charge is 2.22. The van der Waals surface area contributed by atoms with E-state index in [-0.39, 0.29) is 18.4 Å². The SMILES string of the molecule is COc1ccc(CCC(=O)N2CCN(CC(=O)Nc3cccc(Oc4ccccc4)c3)CC2)cc1. The summed E-state index contributed by atoms with van der Waals surface area (Å²) in [5.74, 6) is 2.29. The maximum atomic E-state index is 12.6. The first-order chi connectivity index (χ1) is 17.1. The fourth-order valence-electron chi connectivity index (χ4n) is 4.02. The topological polar surface area (TPSA) is 71.1 Å². The van der Waals surface area contributed by atoms with Crippen LogP contribution in [0.5, 0.6) is 17.2 Å². The number of amides is 2. The number of piperazine rings is 1. The Bertz CT molecular complexity index is 1110. The molecule has 182 valence electrons. The predicted molar refractivity (Wildman–Crippen MR) is 136 cm³/mol. The zero-order valence-corrected chi connectivity index (χ0v) is 20.0. The van der Waals surface area contributed by atoms with Crippen molar-refractivity contribution in [3.63, 3.8) is 0 Å². The van der Waals surface area contributed by atoms with Gasteiger partial charge in [-0.05, 0) is 48.4 Å². The van der Waals surface area contributed by atoms with E-state index in [1.807, 2.05) is 83.8 Å². The van der Waals surface area contributed by atoms with E-state index >= 15 is 0 Å². The Balaban J connectivity index is 1.19. The van der Waals surface area contributed by atoms with Crippen LogP contribution in [0, 0.1) is 0 Å². The number of rotatable bonds is 9. The van der Waals surface area contributed by atoms with Crippen molar-refractivity contribution in [2.75, 3.05) is 45.2 Å². The van der Waals surface area contributed by atoms with Crippen LogP contribution in [0.2, 0.25) is 0 Å². The van der Waals surface area contributed by atoms with Gasteiger partial charge in [-0.25, -0.2) is 0 Å². The largest absolute Gasteiger partial charge is 0.497 e. The van der Waals surface area contributed by atoms with Gasteiger partial charge in [0.15, 0.2) is 0 Å². The number of hydrogen-bond acceptors (Lipinski definition) is 5. The van der Waals surface area contributed by atoms with Crippen LogP contribution in [0.1, 0.15) is 12.0 Å². The average Bonchev–Trinajstić information content (AvgIpc) is 2.89. The molecule has 2 amide bonds. The third kappa shape index (κ3) is 7.32. The standard InChI is InChI=1S/C28H31N3O4/c1-34-24-13-10-22(11-14-24)12-15-28(33)31-18-16-30(17-19-31)21-27(32)29-23-6-5-9-26(20-23)35-25-7-3-2-4-8-25/h2-11,13-14,20H,12,15-19,21H2,1H3,(H,29,32). The van der Waals surface area contributed by atoms with Gasteiger partial charge in [0.25, 0.3) is 0 Å². The van der Waals surface area contributed by atoms with Gasteiger partial charge in [0, 0.05) is 44.4 Å². The minimum Gasteiger partial charge on any atom is -0.497 e. The van der Waals surface area contributed by atoms with Gasteiger partial charge in [0.2, 0.25) is 11.8 Å². The Hall–Kier alpha value is -3.84. The molecular weight excluding hydrogens is 442 g/mol. The summed E-state index contributed by atoms with van der Waals surface area (Å²) >= 11 is 0. The van der Waals surface area contributed by atoms with Crippen molar-refractivity contribution in [1.29, 1.82) is 0 Å². The van der Waals surface area contributed by atoms with Crippen LogP contribution in [-0.2, 0) is 16.0 Å². The molecule has 1 saturated heterocycles. The minimum atomic E-state index is -0.0823. The summed E-state index contributed by atoms with van der Waals surface area (Å²) in [5.41, 5.74) is 1.81. The van der Waals surface area contributed by atoms with E-state index in [1.165, 1.54) is 0 Å². The van der Waals surface area contributed by atoms with E-state index in [0.29, 0.717) is 50.5 Å². The molecule has 1 aliphatic rings. The average molecular weight is 474 g/mol. The van der Waals surface area contributed by atoms with Crippen molar-refractivity contribution in [3.05, 3.63) is 84.4 Å². The Morgan fingerprint density at radius 2 is 1.54 bits per heavy atom. The van der Waals surface area contributed by atoms with E-state index < -0.39 is 0 Å². The number of hydrogen-bond donors (Lipinski definition) is 1. The molecule has 0 aromatic heterocycles. The second-order valence-electron chi connectivity index (χ2n) is 8.50. The van der Waals surface area contributed by atoms with Crippen molar-refractivity contribution >= 4 is 17.5 Å². The zero-order valence-electron chi connectivity index (χ0n) is 20.0. The molecule has 0 saturated carbocycles. The number of anilines is 1. The number of benzene rings is 3. The second kappa shape index (κ2) is 12.0. The molecule has 0 spiro atoms. The smallest absolute Gasteiger partial charge is 0.238 e. The Morgan fingerprint density at radius 3 is 2.26 bits per heavy atom. The first-order valence-corrected chi connectivity index (χ1v) is 11.8. The molecule has 0 atom stereocenters. The molecule has 1 fully saturated rings. The lowest BCUT2D eigenvalue weighted by molar-refractivity contribution is -0.133. The number of nitrogens with one attached hydrogen (secondary N) is 1. The molecule has 1 aliphatic heterocycles. The summed E-state index contributed by atoms with van der Waals surface area (Å²) in [6, 6.07) is 24.7. The molecule has 4 rings (SSSR count). The van der Waals surface area contributed by atoms with Crippen LogP contribution in [-0.4, -0.2) is 61.4 Å². The fraction of sp³-hybridized carbons (Fsp3) is 0.286. The molecule has 1 N–H and O–H groups in total. The Kier molecular flexibility index (Phi) is 8.35. The number of aryl methyl sites for hydroxylation is 1. The summed E-state index contributed by atoms with van der Waals surface area (Å²) in [6.07, 6.45) is 1.19. The van der Waals surface area contributed by atoms with Crippen molar-refractivity contribution in [1.82, 2.24) is 9.80 Å². The maximum Gasteiger partial charge on any atom is 0.238 e. The monoisotopic (exact) mass is 473 g/mol. The lowest BCUT2D eigenvalue weighted by Crippen LogP contribution is -2.50. The summed E-state index contributed by atoms with van der Waals surface area (Å²) in [6.45, 7) is 2.92. The normalized spacial score (nSPS) is 13.8. The van der Waals surface area contributed by atoms with Crippen molar-refractivity contribution in [2.45, 2.75) is 12.8 Å². The molecule has 0 aliphatic carbocycles.